The van der Waals surface area contributed by atoms with Gasteiger partial charge in [0.25, 0.3) is 0 Å². The molecule has 2 unspecified atom stereocenters. The zero-order valence-electron chi connectivity index (χ0n) is 103. The quantitative estimate of drug-likeness (QED) is 0.0399. The molecule has 0 heterocycles. The first kappa shape index (κ1) is 138. The van der Waals surface area contributed by atoms with Gasteiger partial charge in [0.1, 0.15) is 12.4 Å². The fraction of sp³-hybridized carbons (Fsp3) is 0.896. The number of nitrogens with one attached hydrogen (secondary N) is 5. The number of Topliss-reactive ketones (excluding diaryl/α,β-unsaturated/α-hetero) is 1. The molecule has 0 radical (unpaired) electrons. The molecule has 0 bridgehead atoms. The lowest BCUT2D eigenvalue weighted by atomic mass is 9.72. The summed E-state index contributed by atoms with van der Waals surface area (Å²) in [5.74, 6) is 19.0. The number of carbonyl (C=O) groups excluding carboxylic acids is 7. The van der Waals surface area contributed by atoms with Gasteiger partial charge in [-0.3, -0.25) is 14.4 Å². The van der Waals surface area contributed by atoms with Gasteiger partial charge in [-0.15, -0.1) is 0 Å². The maximum atomic E-state index is 13.7. The number of anilines is 1. The minimum Gasteiger partial charge on any atom is -0.447 e. The molecule has 860 valence electrons. The van der Waals surface area contributed by atoms with Gasteiger partial charge in [-0.25, -0.2) is 28.0 Å². The monoisotopic (exact) mass is 2080 g/mol. The third-order valence-corrected chi connectivity index (χ3v) is 33.7. The van der Waals surface area contributed by atoms with Crippen molar-refractivity contribution in [2.75, 3.05) is 39.2 Å². The van der Waals surface area contributed by atoms with Crippen LogP contribution >= 0.6 is 0 Å². The molecule has 0 aliphatic heterocycles. The SMILES string of the molecule is CC(C)CC(=O)[C@@H]1CC[C@@H](C(C)C)C1.CC(C)C[C@H]1CC[C@@H](C(C)C)C1.CC(C)NC(=O)C1CCC(C(C)C)C1.CC(C)NC(=O)NC1CC(C(C)C)C1.CC(C)OC(=O)N(C)C1CC(C(C)C)C1.CC(C)OC(=O)NC1CC(C(C)C)C1.CC(C)OC(=O)NC1CC(C(C)C)C1.CC(C)OCC(=O)N(C)C1CC(C(C)C)C1.CC(C)[C@@H]1CC[C@@H](N(C)C(C)C)C1.Cc1cc(N(CC(C)C)C2CC(C(C)C)C2)cc(F)c1F. The molecular formula is C125H235F2N9O11. The van der Waals surface area contributed by atoms with Crippen LogP contribution in [0.25, 0.3) is 0 Å². The Morgan fingerprint density at radius 1 is 0.354 bits per heavy atom. The van der Waals surface area contributed by atoms with Crippen molar-refractivity contribution in [1.29, 1.82) is 0 Å². The molecule has 0 spiro atoms. The van der Waals surface area contributed by atoms with Crippen LogP contribution < -0.4 is 31.5 Å². The van der Waals surface area contributed by atoms with E-state index in [2.05, 4.69) is 237 Å². The average Bonchev–Trinajstić information content (AvgIpc) is 1.16. The van der Waals surface area contributed by atoms with Gasteiger partial charge in [0.15, 0.2) is 11.6 Å². The summed E-state index contributed by atoms with van der Waals surface area (Å²) in [5, 5.41) is 14.6. The zero-order valence-corrected chi connectivity index (χ0v) is 103. The predicted molar refractivity (Wildman–Crippen MR) is 614 cm³/mol. The minimum atomic E-state index is -0.738. The van der Waals surface area contributed by atoms with E-state index in [0.29, 0.717) is 77.3 Å². The maximum absolute atomic E-state index is 13.7. The summed E-state index contributed by atoms with van der Waals surface area (Å²) in [5.41, 5.74) is 1.21. The van der Waals surface area contributed by atoms with E-state index in [4.69, 9.17) is 18.9 Å². The highest BCUT2D eigenvalue weighted by molar-refractivity contribution is 5.81. The fourth-order valence-corrected chi connectivity index (χ4v) is 22.1. The second-order valence-electron chi connectivity index (χ2n) is 53.7. The molecule has 11 rings (SSSR count). The number of ketones is 1. The van der Waals surface area contributed by atoms with Crippen molar-refractivity contribution < 1.29 is 61.3 Å². The average molecular weight is 2080 g/mol. The number of hydrogen-bond acceptors (Lipinski definition) is 13. The summed E-state index contributed by atoms with van der Waals surface area (Å²) in [6.07, 6.45) is 30.9. The van der Waals surface area contributed by atoms with Crippen molar-refractivity contribution in [1.82, 2.24) is 41.3 Å². The van der Waals surface area contributed by atoms with E-state index in [9.17, 15) is 42.3 Å². The van der Waals surface area contributed by atoms with Crippen molar-refractivity contribution >= 4 is 47.6 Å². The van der Waals surface area contributed by atoms with Gasteiger partial charge in [0.2, 0.25) is 11.8 Å². The normalized spacial score (nSPS) is 26.2. The number of carbonyl (C=O) groups is 7. The number of hydrogen-bond donors (Lipinski definition) is 5. The van der Waals surface area contributed by atoms with Crippen LogP contribution in [0.1, 0.15) is 449 Å². The Balaban J connectivity index is 0.000000554. The third kappa shape index (κ3) is 53.9. The van der Waals surface area contributed by atoms with Crippen LogP contribution in [0, 0.1) is 172 Å². The summed E-state index contributed by atoms with van der Waals surface area (Å²) in [6, 6.07) is 7.55. The number of benzene rings is 1. The number of aryl methyl sites for hydroxylation is 1. The Morgan fingerprint density at radius 3 is 1.05 bits per heavy atom. The molecular weight excluding hydrogens is 1840 g/mol. The van der Waals surface area contributed by atoms with Gasteiger partial charge in [-0.1, -0.05) is 186 Å². The summed E-state index contributed by atoms with van der Waals surface area (Å²) in [7, 11) is 6.01. The lowest BCUT2D eigenvalue weighted by Gasteiger charge is -2.46. The van der Waals surface area contributed by atoms with Crippen molar-refractivity contribution in [2.45, 2.75) is 536 Å². The van der Waals surface area contributed by atoms with Crippen molar-refractivity contribution in [3.8, 4) is 0 Å². The highest BCUT2D eigenvalue weighted by atomic mass is 19.2. The second kappa shape index (κ2) is 69.4. The van der Waals surface area contributed by atoms with Crippen LogP contribution in [0.5, 0.6) is 0 Å². The molecule has 10 aliphatic rings. The molecule has 8 atom stereocenters. The van der Waals surface area contributed by atoms with E-state index < -0.39 is 11.6 Å². The van der Waals surface area contributed by atoms with Crippen molar-refractivity contribution in [3.05, 3.63) is 29.3 Å². The number of amides is 7. The number of nitrogens with zero attached hydrogens (tertiary/aromatic N) is 4. The van der Waals surface area contributed by atoms with E-state index in [1.807, 2.05) is 102 Å². The highest BCUT2D eigenvalue weighted by Gasteiger charge is 2.42. The van der Waals surface area contributed by atoms with Crippen LogP contribution in [0.15, 0.2) is 12.1 Å². The minimum absolute atomic E-state index is 0.0211. The zero-order chi connectivity index (χ0) is 112. The Kier molecular flexibility index (Phi) is 64.9. The maximum Gasteiger partial charge on any atom is 0.410 e. The van der Waals surface area contributed by atoms with Gasteiger partial charge < -0.3 is 65.1 Å². The second-order valence-corrected chi connectivity index (χ2v) is 53.7. The standard InChI is InChI=1S/C18H27F2N.C13H25NO2.C13H24O.C12H23NO2.C12H23NO.C12H25N.C12H24.C11H22N2O.2C11H21NO2/c1-11(2)10-21(16-7-14(8-16)12(3)4)15-6-13(5)18(20)17(19)9-15;1-9(2)11-6-12(7-11)14(5)13(15)8-16-10(3)4;1-9(2)7-13(14)12-6-5-11(8-12)10(3)4;1-8(2)10-6-11(7-10)13(5)12(14)15-9(3)4;1-8(2)10-5-6-11(7-10)12(14)13-9(3)4;1-9(2)11-6-7-12(8-11)13(5)10(3)4;1-9(2)7-11-5-6-12(8-11)10(3)4;1-7(2)9-5-10(6-9)13-11(14)12-8(3)4;2*1-7(2)9-5-10(6-9)12-11(13)14-8(3)4/h6,9,11-12,14,16H,7-8,10H2,1-5H3;9-12H,6-8H2,1-5H3;9-12H,5-8H2,1-4H3;8-11H,6-7H2,1-5H3;8-11H,5-7H2,1-4H3,(H,13,14);9-12H,6-8H2,1-5H3;9-12H,5-8H2,1-4H3;7-10H,5-6H2,1-4H3,(H2,12,13,14);2*7-10H,5-6H2,1-4H3,(H,12,13)/t;;11-,12-;;;2*11-,12-;;;/m..1..11.../s1. The van der Waals surface area contributed by atoms with Crippen molar-refractivity contribution in [2.24, 2.45) is 154 Å². The van der Waals surface area contributed by atoms with E-state index in [-0.39, 0.29) is 85.1 Å². The summed E-state index contributed by atoms with van der Waals surface area (Å²) in [6.45, 7) is 89.2. The molecule has 20 nitrogen and oxygen atoms in total. The van der Waals surface area contributed by atoms with Crippen molar-refractivity contribution in [3.63, 3.8) is 0 Å². The first-order valence-electron chi connectivity index (χ1n) is 59.8. The van der Waals surface area contributed by atoms with Gasteiger partial charge in [0, 0.05) is 111 Å². The molecule has 0 aromatic heterocycles. The Bertz CT molecular complexity index is 3600. The molecule has 147 heavy (non-hydrogen) atoms. The Morgan fingerprint density at radius 2 is 0.707 bits per heavy atom. The molecule has 1 aromatic carbocycles. The fourth-order valence-electron chi connectivity index (χ4n) is 22.1. The number of urea groups is 1. The topological polar surface area (TPSA) is 230 Å². The Labute approximate surface area is 903 Å². The lowest BCUT2D eigenvalue weighted by molar-refractivity contribution is -0.141. The number of alkyl carbamates (subject to hydrolysis) is 2. The summed E-state index contributed by atoms with van der Waals surface area (Å²) in [4.78, 5) is 89.0. The van der Waals surface area contributed by atoms with E-state index in [1.165, 1.54) is 63.9 Å². The molecule has 10 aliphatic carbocycles. The van der Waals surface area contributed by atoms with Gasteiger partial charge in [-0.05, 0) is 419 Å². The molecule has 0 saturated heterocycles. The summed E-state index contributed by atoms with van der Waals surface area (Å²) < 4.78 is 47.7. The smallest absolute Gasteiger partial charge is 0.410 e. The molecule has 22 heteroatoms. The third-order valence-electron chi connectivity index (χ3n) is 33.7. The predicted octanol–water partition coefficient (Wildman–Crippen LogP) is 31.1. The molecule has 10 fully saturated rings. The largest absolute Gasteiger partial charge is 0.447 e. The van der Waals surface area contributed by atoms with E-state index >= 15 is 0 Å². The van der Waals surface area contributed by atoms with Gasteiger partial charge in [-0.2, -0.15) is 0 Å². The number of halogens is 2. The van der Waals surface area contributed by atoms with Crippen LogP contribution in [0.2, 0.25) is 0 Å². The van der Waals surface area contributed by atoms with Gasteiger partial charge in [0.05, 0.1) is 24.4 Å². The van der Waals surface area contributed by atoms with Crippen LogP contribution in [-0.4, -0.2) is 176 Å². The van der Waals surface area contributed by atoms with Crippen LogP contribution in [0.4, 0.5) is 33.6 Å². The Hall–Kier alpha value is -5.51. The number of ether oxygens (including phenoxy) is 4. The first-order valence-corrected chi connectivity index (χ1v) is 59.8. The first-order chi connectivity index (χ1) is 68.2. The van der Waals surface area contributed by atoms with Crippen LogP contribution in [-0.2, 0) is 33.3 Å². The number of rotatable bonds is 35. The van der Waals surface area contributed by atoms with E-state index in [0.717, 1.165) is 252 Å². The van der Waals surface area contributed by atoms with Gasteiger partial charge >= 0.3 is 24.3 Å². The van der Waals surface area contributed by atoms with E-state index in [1.54, 1.807) is 17.9 Å². The molecule has 1 aromatic rings. The highest BCUT2D eigenvalue weighted by Crippen LogP contribution is 2.45. The van der Waals surface area contributed by atoms with Crippen LogP contribution in [0.3, 0.4) is 0 Å². The molecule has 5 N–H and O–H groups in total. The number of likely N-dealkylation sites (N-methyl/N-ethyl adjacent to an activating group) is 1. The molecule has 10 saturated carbocycles. The molecule has 7 amide bonds. The summed E-state index contributed by atoms with van der Waals surface area (Å²) >= 11 is 0. The lowest BCUT2D eigenvalue weighted by Crippen LogP contribution is -2.50.